The highest BCUT2D eigenvalue weighted by Gasteiger charge is 2.10. The van der Waals surface area contributed by atoms with Crippen LogP contribution in [-0.4, -0.2) is 12.5 Å². The molecule has 0 bridgehead atoms. The van der Waals surface area contributed by atoms with E-state index in [2.05, 4.69) is 24.4 Å². The van der Waals surface area contributed by atoms with E-state index in [0.717, 1.165) is 12.0 Å². The van der Waals surface area contributed by atoms with Crippen molar-refractivity contribution in [1.29, 1.82) is 0 Å². The van der Waals surface area contributed by atoms with Gasteiger partial charge in [0.2, 0.25) is 0 Å². The average molecular weight is 282 g/mol. The third-order valence-electron chi connectivity index (χ3n) is 3.68. The predicted molar refractivity (Wildman–Crippen MR) is 87.4 cm³/mol. The molecule has 0 heterocycles. The van der Waals surface area contributed by atoms with Crippen molar-refractivity contribution in [3.8, 4) is 0 Å². The van der Waals surface area contributed by atoms with E-state index in [-0.39, 0.29) is 5.91 Å². The van der Waals surface area contributed by atoms with Gasteiger partial charge in [0.15, 0.2) is 0 Å². The molecule has 1 unspecified atom stereocenters. The molecule has 0 fully saturated rings. The minimum Gasteiger partial charge on any atom is -0.398 e. The smallest absolute Gasteiger partial charge is 0.253 e. The first-order chi connectivity index (χ1) is 10.1. The zero-order valence-corrected chi connectivity index (χ0v) is 12.6. The highest BCUT2D eigenvalue weighted by atomic mass is 16.1. The number of nitrogens with one attached hydrogen (secondary N) is 1. The van der Waals surface area contributed by atoms with Crippen molar-refractivity contribution in [2.24, 2.45) is 0 Å². The third-order valence-corrected chi connectivity index (χ3v) is 3.68. The first-order valence-corrected chi connectivity index (χ1v) is 7.27. The molecule has 1 amide bonds. The van der Waals surface area contributed by atoms with Crippen molar-refractivity contribution in [1.82, 2.24) is 5.32 Å². The molecule has 0 aliphatic carbocycles. The van der Waals surface area contributed by atoms with Crippen LogP contribution in [-0.2, 0) is 0 Å². The van der Waals surface area contributed by atoms with E-state index in [1.54, 1.807) is 6.07 Å². The molecule has 2 aromatic carbocycles. The van der Waals surface area contributed by atoms with Crippen molar-refractivity contribution in [2.75, 3.05) is 12.3 Å². The van der Waals surface area contributed by atoms with E-state index < -0.39 is 0 Å². The number of hydrogen-bond donors (Lipinski definition) is 2. The van der Waals surface area contributed by atoms with Crippen molar-refractivity contribution >= 4 is 11.6 Å². The normalized spacial score (nSPS) is 11.9. The number of benzene rings is 2. The molecule has 0 radical (unpaired) electrons. The third kappa shape index (κ3) is 4.09. The molecule has 3 nitrogen and oxygen atoms in total. The van der Waals surface area contributed by atoms with Crippen LogP contribution in [0.15, 0.2) is 48.5 Å². The van der Waals surface area contributed by atoms with Crippen LogP contribution in [0.1, 0.15) is 40.7 Å². The summed E-state index contributed by atoms with van der Waals surface area (Å²) >= 11 is 0. The Balaban J connectivity index is 1.88. The standard InChI is InChI=1S/C18H22N2O/c1-13-8-9-17(19)16(12-13)18(21)20-11-10-14(2)15-6-4-3-5-7-15/h3-9,12,14H,10-11,19H2,1-2H3,(H,20,21). The summed E-state index contributed by atoms with van der Waals surface area (Å²) < 4.78 is 0. The van der Waals surface area contributed by atoms with E-state index in [4.69, 9.17) is 5.73 Å². The van der Waals surface area contributed by atoms with Gasteiger partial charge in [0, 0.05) is 12.2 Å². The van der Waals surface area contributed by atoms with Crippen LogP contribution in [0.3, 0.4) is 0 Å². The highest BCUT2D eigenvalue weighted by Crippen LogP contribution is 2.18. The van der Waals surface area contributed by atoms with Crippen LogP contribution < -0.4 is 11.1 Å². The van der Waals surface area contributed by atoms with Crippen LogP contribution >= 0.6 is 0 Å². The second-order valence-corrected chi connectivity index (χ2v) is 5.45. The van der Waals surface area contributed by atoms with Gasteiger partial charge in [0.25, 0.3) is 5.91 Å². The molecule has 0 saturated carbocycles. The fourth-order valence-electron chi connectivity index (χ4n) is 2.31. The average Bonchev–Trinajstić information content (AvgIpc) is 2.50. The van der Waals surface area contributed by atoms with Gasteiger partial charge in [-0.05, 0) is 37.0 Å². The van der Waals surface area contributed by atoms with E-state index in [9.17, 15) is 4.79 Å². The molecule has 0 aliphatic rings. The lowest BCUT2D eigenvalue weighted by Crippen LogP contribution is -2.26. The summed E-state index contributed by atoms with van der Waals surface area (Å²) in [5.41, 5.74) is 9.26. The number of carbonyl (C=O) groups excluding carboxylic acids is 1. The van der Waals surface area contributed by atoms with Gasteiger partial charge in [-0.25, -0.2) is 0 Å². The zero-order chi connectivity index (χ0) is 15.2. The van der Waals surface area contributed by atoms with Crippen LogP contribution in [0, 0.1) is 6.92 Å². The SMILES string of the molecule is Cc1ccc(N)c(C(=O)NCCC(C)c2ccccc2)c1. The summed E-state index contributed by atoms with van der Waals surface area (Å²) in [7, 11) is 0. The topological polar surface area (TPSA) is 55.1 Å². The van der Waals surface area contributed by atoms with Gasteiger partial charge >= 0.3 is 0 Å². The molecule has 3 heteroatoms. The summed E-state index contributed by atoms with van der Waals surface area (Å²) in [5.74, 6) is 0.317. The lowest BCUT2D eigenvalue weighted by atomic mass is 9.98. The Bertz CT molecular complexity index is 608. The summed E-state index contributed by atoms with van der Waals surface area (Å²) in [6.45, 7) is 4.76. The van der Waals surface area contributed by atoms with Crippen molar-refractivity contribution in [3.63, 3.8) is 0 Å². The van der Waals surface area contributed by atoms with Gasteiger partial charge in [-0.3, -0.25) is 4.79 Å². The van der Waals surface area contributed by atoms with Gasteiger partial charge in [-0.1, -0.05) is 48.9 Å². The largest absolute Gasteiger partial charge is 0.398 e. The summed E-state index contributed by atoms with van der Waals surface area (Å²) in [5, 5.41) is 2.95. The molecule has 0 saturated heterocycles. The molecule has 0 aliphatic heterocycles. The fraction of sp³-hybridized carbons (Fsp3) is 0.278. The molecule has 1 atom stereocenters. The van der Waals surface area contributed by atoms with E-state index >= 15 is 0 Å². The Morgan fingerprint density at radius 3 is 2.62 bits per heavy atom. The molecule has 3 N–H and O–H groups in total. The van der Waals surface area contributed by atoms with Gasteiger partial charge in [-0.2, -0.15) is 0 Å². The van der Waals surface area contributed by atoms with E-state index in [0.29, 0.717) is 23.7 Å². The maximum atomic E-state index is 12.1. The van der Waals surface area contributed by atoms with E-state index in [1.165, 1.54) is 5.56 Å². The number of anilines is 1. The number of nitrogen functional groups attached to an aromatic ring is 1. The number of hydrogen-bond acceptors (Lipinski definition) is 2. The highest BCUT2D eigenvalue weighted by molar-refractivity contribution is 5.99. The van der Waals surface area contributed by atoms with Crippen LogP contribution in [0.5, 0.6) is 0 Å². The van der Waals surface area contributed by atoms with Crippen LogP contribution in [0.25, 0.3) is 0 Å². The molecular formula is C18H22N2O. The fourth-order valence-corrected chi connectivity index (χ4v) is 2.31. The maximum Gasteiger partial charge on any atom is 0.253 e. The minimum atomic E-state index is -0.100. The first-order valence-electron chi connectivity index (χ1n) is 7.27. The Labute approximate surface area is 126 Å². The van der Waals surface area contributed by atoms with Gasteiger partial charge in [-0.15, -0.1) is 0 Å². The zero-order valence-electron chi connectivity index (χ0n) is 12.6. The number of amides is 1. The first kappa shape index (κ1) is 15.1. The van der Waals surface area contributed by atoms with Crippen molar-refractivity contribution in [2.45, 2.75) is 26.2 Å². The summed E-state index contributed by atoms with van der Waals surface area (Å²) in [6, 6.07) is 15.8. The lowest BCUT2D eigenvalue weighted by Gasteiger charge is -2.13. The lowest BCUT2D eigenvalue weighted by molar-refractivity contribution is 0.0953. The molecule has 0 spiro atoms. The van der Waals surface area contributed by atoms with Gasteiger partial charge in [0.05, 0.1) is 5.56 Å². The molecule has 2 rings (SSSR count). The predicted octanol–water partition coefficient (Wildman–Crippen LogP) is 3.50. The monoisotopic (exact) mass is 282 g/mol. The van der Waals surface area contributed by atoms with Crippen LogP contribution in [0.4, 0.5) is 5.69 Å². The Morgan fingerprint density at radius 2 is 1.90 bits per heavy atom. The van der Waals surface area contributed by atoms with Gasteiger partial charge in [0.1, 0.15) is 0 Å². The molecule has 21 heavy (non-hydrogen) atoms. The molecule has 110 valence electrons. The summed E-state index contributed by atoms with van der Waals surface area (Å²) in [4.78, 5) is 12.1. The van der Waals surface area contributed by atoms with E-state index in [1.807, 2.05) is 37.3 Å². The number of rotatable bonds is 5. The van der Waals surface area contributed by atoms with Crippen molar-refractivity contribution in [3.05, 3.63) is 65.2 Å². The number of carbonyl (C=O) groups is 1. The number of aryl methyl sites for hydroxylation is 1. The Kier molecular flexibility index (Phi) is 4.99. The molecular weight excluding hydrogens is 260 g/mol. The summed E-state index contributed by atoms with van der Waals surface area (Å²) in [6.07, 6.45) is 0.904. The van der Waals surface area contributed by atoms with Crippen LogP contribution in [0.2, 0.25) is 0 Å². The maximum absolute atomic E-state index is 12.1. The molecule has 2 aromatic rings. The quantitative estimate of drug-likeness (QED) is 0.825. The Hall–Kier alpha value is -2.29. The second kappa shape index (κ2) is 6.93. The van der Waals surface area contributed by atoms with Gasteiger partial charge < -0.3 is 11.1 Å². The van der Waals surface area contributed by atoms with Crippen molar-refractivity contribution < 1.29 is 4.79 Å². The molecule has 0 aromatic heterocycles. The second-order valence-electron chi connectivity index (χ2n) is 5.45. The minimum absolute atomic E-state index is 0.100. The Morgan fingerprint density at radius 1 is 1.19 bits per heavy atom. The number of nitrogens with two attached hydrogens (primary N) is 1.